The second-order valence-corrected chi connectivity index (χ2v) is 6.67. The molecule has 1 aliphatic heterocycles. The number of hydrogen-bond acceptors (Lipinski definition) is 3. The monoisotopic (exact) mass is 233 g/mol. The van der Waals surface area contributed by atoms with E-state index in [1.54, 1.807) is 0 Å². The van der Waals surface area contributed by atoms with E-state index in [4.69, 9.17) is 4.74 Å². The molecular weight excluding hydrogens is 214 g/mol. The van der Waals surface area contributed by atoms with Gasteiger partial charge in [0.15, 0.2) is 0 Å². The molecule has 0 aromatic rings. The summed E-state index contributed by atoms with van der Waals surface area (Å²) >= 11 is 0. The smallest absolute Gasteiger partial charge is 0.214 e. The van der Waals surface area contributed by atoms with Crippen molar-refractivity contribution >= 4 is 10.0 Å². The maximum Gasteiger partial charge on any atom is 0.214 e. The van der Waals surface area contributed by atoms with Gasteiger partial charge < -0.3 is 4.74 Å². The highest BCUT2D eigenvalue weighted by molar-refractivity contribution is 7.90. The molecule has 1 saturated carbocycles. The zero-order valence-corrected chi connectivity index (χ0v) is 9.98. The molecule has 1 atom stereocenters. The lowest BCUT2D eigenvalue weighted by molar-refractivity contribution is 0.0195. The van der Waals surface area contributed by atoms with Gasteiger partial charge in [0.2, 0.25) is 10.0 Å². The van der Waals surface area contributed by atoms with Gasteiger partial charge in [-0.05, 0) is 38.1 Å². The van der Waals surface area contributed by atoms with Gasteiger partial charge in [0.05, 0.1) is 5.25 Å². The molecule has 0 amide bonds. The van der Waals surface area contributed by atoms with Crippen LogP contribution in [-0.2, 0) is 14.8 Å². The molecule has 2 fully saturated rings. The minimum Gasteiger partial charge on any atom is -0.381 e. The van der Waals surface area contributed by atoms with Gasteiger partial charge in [-0.2, -0.15) is 0 Å². The molecule has 4 nitrogen and oxygen atoms in total. The molecule has 2 aliphatic rings. The summed E-state index contributed by atoms with van der Waals surface area (Å²) in [6, 6.07) is 0. The van der Waals surface area contributed by atoms with E-state index in [1.807, 2.05) is 0 Å². The third kappa shape index (κ3) is 1.92. The molecule has 1 aliphatic carbocycles. The molecule has 1 N–H and O–H groups in total. The van der Waals surface area contributed by atoms with Crippen LogP contribution in [0.5, 0.6) is 0 Å². The van der Waals surface area contributed by atoms with Crippen molar-refractivity contribution in [2.45, 2.75) is 37.4 Å². The molecule has 2 rings (SSSR count). The molecule has 0 radical (unpaired) electrons. The second kappa shape index (κ2) is 4.03. The normalized spacial score (nSPS) is 30.9. The van der Waals surface area contributed by atoms with Crippen LogP contribution >= 0.6 is 0 Å². The average Bonchev–Trinajstić information content (AvgIpc) is 2.63. The van der Waals surface area contributed by atoms with Gasteiger partial charge in [-0.3, -0.25) is 0 Å². The van der Waals surface area contributed by atoms with Gasteiger partial charge in [-0.25, -0.2) is 13.1 Å². The van der Waals surface area contributed by atoms with Crippen molar-refractivity contribution in [3.63, 3.8) is 0 Å². The van der Waals surface area contributed by atoms with Gasteiger partial charge in [-0.15, -0.1) is 0 Å². The van der Waals surface area contributed by atoms with Crippen LogP contribution in [0.25, 0.3) is 0 Å². The SMILES string of the molecule is CNS(=O)(=O)C1CCCC12CCOCC2. The Morgan fingerprint density at radius 2 is 1.93 bits per heavy atom. The second-order valence-electron chi connectivity index (χ2n) is 4.60. The van der Waals surface area contributed by atoms with Crippen molar-refractivity contribution in [2.24, 2.45) is 5.41 Å². The van der Waals surface area contributed by atoms with E-state index in [9.17, 15) is 8.42 Å². The lowest BCUT2D eigenvalue weighted by Gasteiger charge is -2.38. The van der Waals surface area contributed by atoms with Gasteiger partial charge >= 0.3 is 0 Å². The van der Waals surface area contributed by atoms with Crippen LogP contribution in [0.3, 0.4) is 0 Å². The lowest BCUT2D eigenvalue weighted by Crippen LogP contribution is -2.44. The zero-order valence-electron chi connectivity index (χ0n) is 9.16. The minimum atomic E-state index is -3.11. The van der Waals surface area contributed by atoms with E-state index >= 15 is 0 Å². The molecule has 1 unspecified atom stereocenters. The minimum absolute atomic E-state index is 0.0000926. The Labute approximate surface area is 91.4 Å². The maximum atomic E-state index is 11.9. The maximum absolute atomic E-state index is 11.9. The quantitative estimate of drug-likeness (QED) is 0.770. The Kier molecular flexibility index (Phi) is 3.05. The molecule has 88 valence electrons. The Hall–Kier alpha value is -0.130. The van der Waals surface area contributed by atoms with E-state index < -0.39 is 10.0 Å². The Morgan fingerprint density at radius 1 is 1.27 bits per heavy atom. The molecule has 0 aromatic heterocycles. The highest BCUT2D eigenvalue weighted by Crippen LogP contribution is 2.48. The van der Waals surface area contributed by atoms with E-state index in [1.165, 1.54) is 7.05 Å². The highest BCUT2D eigenvalue weighted by Gasteiger charge is 2.49. The van der Waals surface area contributed by atoms with Crippen molar-refractivity contribution in [3.05, 3.63) is 0 Å². The molecule has 0 aromatic carbocycles. The summed E-state index contributed by atoms with van der Waals surface area (Å²) in [7, 11) is -1.60. The molecule has 5 heteroatoms. The van der Waals surface area contributed by atoms with Crippen molar-refractivity contribution in [1.29, 1.82) is 0 Å². The van der Waals surface area contributed by atoms with Crippen molar-refractivity contribution in [3.8, 4) is 0 Å². The zero-order chi connectivity index (χ0) is 10.9. The summed E-state index contributed by atoms with van der Waals surface area (Å²) in [6.45, 7) is 1.44. The van der Waals surface area contributed by atoms with E-state index in [0.717, 1.165) is 45.3 Å². The summed E-state index contributed by atoms with van der Waals surface area (Å²) in [5.41, 5.74) is 0.0000926. The number of hydrogen-bond donors (Lipinski definition) is 1. The topological polar surface area (TPSA) is 55.4 Å². The van der Waals surface area contributed by atoms with Crippen molar-refractivity contribution in [2.75, 3.05) is 20.3 Å². The first kappa shape index (κ1) is 11.4. The molecule has 1 saturated heterocycles. The number of sulfonamides is 1. The number of nitrogens with one attached hydrogen (secondary N) is 1. The van der Waals surface area contributed by atoms with Gasteiger partial charge in [0.25, 0.3) is 0 Å². The fraction of sp³-hybridized carbons (Fsp3) is 1.00. The van der Waals surface area contributed by atoms with Crippen LogP contribution in [0.4, 0.5) is 0 Å². The van der Waals surface area contributed by atoms with Crippen LogP contribution in [0.1, 0.15) is 32.1 Å². The highest BCUT2D eigenvalue weighted by atomic mass is 32.2. The van der Waals surface area contributed by atoms with Crippen LogP contribution in [-0.4, -0.2) is 33.9 Å². The van der Waals surface area contributed by atoms with Crippen LogP contribution in [0.2, 0.25) is 0 Å². The number of ether oxygens (including phenoxy) is 1. The standard InChI is InChI=1S/C10H19NO3S/c1-11-15(12,13)9-3-2-4-10(9)5-7-14-8-6-10/h9,11H,2-8H2,1H3. The van der Waals surface area contributed by atoms with Crippen LogP contribution in [0.15, 0.2) is 0 Å². The fourth-order valence-corrected chi connectivity index (χ4v) is 4.86. The van der Waals surface area contributed by atoms with Gasteiger partial charge in [-0.1, -0.05) is 6.42 Å². The average molecular weight is 233 g/mol. The predicted molar refractivity (Wildman–Crippen MR) is 58.1 cm³/mol. The van der Waals surface area contributed by atoms with Crippen molar-refractivity contribution < 1.29 is 13.2 Å². The largest absolute Gasteiger partial charge is 0.381 e. The molecule has 0 bridgehead atoms. The first-order chi connectivity index (χ1) is 7.11. The molecular formula is C10H19NO3S. The van der Waals surface area contributed by atoms with Crippen molar-refractivity contribution in [1.82, 2.24) is 4.72 Å². The third-order valence-electron chi connectivity index (χ3n) is 3.97. The summed E-state index contributed by atoms with van der Waals surface area (Å²) in [5, 5.41) is -0.195. The first-order valence-electron chi connectivity index (χ1n) is 5.61. The lowest BCUT2D eigenvalue weighted by atomic mass is 9.78. The number of rotatable bonds is 2. The molecule has 1 heterocycles. The Morgan fingerprint density at radius 3 is 2.53 bits per heavy atom. The van der Waals surface area contributed by atoms with E-state index in [0.29, 0.717) is 0 Å². The third-order valence-corrected chi connectivity index (χ3v) is 6.03. The van der Waals surface area contributed by atoms with Crippen LogP contribution < -0.4 is 4.72 Å². The summed E-state index contributed by atoms with van der Waals surface area (Å²) < 4.78 is 31.7. The molecule has 1 spiro atoms. The van der Waals surface area contributed by atoms with Gasteiger partial charge in [0.1, 0.15) is 0 Å². The fourth-order valence-electron chi connectivity index (χ4n) is 3.08. The van der Waals surface area contributed by atoms with Crippen LogP contribution in [0, 0.1) is 5.41 Å². The summed E-state index contributed by atoms with van der Waals surface area (Å²) in [6.07, 6.45) is 4.69. The molecule has 15 heavy (non-hydrogen) atoms. The van der Waals surface area contributed by atoms with E-state index in [-0.39, 0.29) is 10.7 Å². The first-order valence-corrected chi connectivity index (χ1v) is 7.15. The summed E-state index contributed by atoms with van der Waals surface area (Å²) in [4.78, 5) is 0. The Bertz CT molecular complexity index is 320. The van der Waals surface area contributed by atoms with E-state index in [2.05, 4.69) is 4.72 Å². The predicted octanol–water partition coefficient (Wildman–Crippen LogP) is 0.885. The Balaban J connectivity index is 2.24. The summed E-state index contributed by atoms with van der Waals surface area (Å²) in [5.74, 6) is 0. The van der Waals surface area contributed by atoms with Gasteiger partial charge in [0, 0.05) is 13.2 Å².